The van der Waals surface area contributed by atoms with Gasteiger partial charge in [-0.25, -0.2) is 4.98 Å². The van der Waals surface area contributed by atoms with E-state index >= 15 is 0 Å². The summed E-state index contributed by atoms with van der Waals surface area (Å²) in [6.07, 6.45) is 2.60. The fourth-order valence-electron chi connectivity index (χ4n) is 3.60. The van der Waals surface area contributed by atoms with Crippen molar-refractivity contribution in [2.75, 3.05) is 18.8 Å². The fraction of sp³-hybridized carbons (Fsp3) is 0.381. The molecule has 0 spiro atoms. The van der Waals surface area contributed by atoms with Crippen LogP contribution >= 0.6 is 23.1 Å². The van der Waals surface area contributed by atoms with E-state index < -0.39 is 0 Å². The van der Waals surface area contributed by atoms with Crippen molar-refractivity contribution in [1.29, 1.82) is 0 Å². The molecule has 1 aliphatic heterocycles. The Morgan fingerprint density at radius 1 is 1.29 bits per heavy atom. The quantitative estimate of drug-likeness (QED) is 0.649. The van der Waals surface area contributed by atoms with Crippen LogP contribution in [0, 0.1) is 6.92 Å². The molecule has 4 heterocycles. The number of aryl methyl sites for hydroxylation is 2. The number of thioether (sulfide) groups is 1. The highest BCUT2D eigenvalue weighted by atomic mass is 32.2. The molecule has 0 radical (unpaired) electrons. The molecule has 3 aromatic rings. The summed E-state index contributed by atoms with van der Waals surface area (Å²) in [5, 5.41) is 3.04. The van der Waals surface area contributed by atoms with E-state index in [-0.39, 0.29) is 16.9 Å². The molecule has 1 unspecified atom stereocenters. The summed E-state index contributed by atoms with van der Waals surface area (Å²) in [5.41, 5.74) is 1.54. The van der Waals surface area contributed by atoms with Crippen LogP contribution in [0.5, 0.6) is 0 Å². The standard InChI is InChI=1S/C21H23N3O2S2/c1-3-23-13-16(19(25)15-7-6-14(2)22-20(15)23)21(26)24-9-8-18(28-12-10-24)17-5-4-11-27-17/h4-7,11,13,18H,3,8-10,12H2,1-2H3. The van der Waals surface area contributed by atoms with Gasteiger partial charge in [-0.2, -0.15) is 11.8 Å². The number of rotatable bonds is 3. The van der Waals surface area contributed by atoms with E-state index in [1.807, 2.05) is 41.1 Å². The molecule has 146 valence electrons. The van der Waals surface area contributed by atoms with Crippen molar-refractivity contribution in [2.45, 2.75) is 32.1 Å². The average molecular weight is 414 g/mol. The highest BCUT2D eigenvalue weighted by Crippen LogP contribution is 2.36. The summed E-state index contributed by atoms with van der Waals surface area (Å²) >= 11 is 3.67. The van der Waals surface area contributed by atoms with Crippen molar-refractivity contribution in [3.63, 3.8) is 0 Å². The van der Waals surface area contributed by atoms with E-state index in [1.165, 1.54) is 4.88 Å². The Labute approximate surface area is 172 Å². The first kappa shape index (κ1) is 19.2. The lowest BCUT2D eigenvalue weighted by Crippen LogP contribution is -2.36. The maximum Gasteiger partial charge on any atom is 0.259 e. The van der Waals surface area contributed by atoms with Crippen molar-refractivity contribution >= 4 is 40.0 Å². The lowest BCUT2D eigenvalue weighted by molar-refractivity contribution is 0.0765. The molecule has 28 heavy (non-hydrogen) atoms. The van der Waals surface area contributed by atoms with Gasteiger partial charge >= 0.3 is 0 Å². The molecule has 0 bridgehead atoms. The molecule has 1 amide bonds. The summed E-state index contributed by atoms with van der Waals surface area (Å²) in [7, 11) is 0. The van der Waals surface area contributed by atoms with Crippen LogP contribution in [-0.4, -0.2) is 39.2 Å². The van der Waals surface area contributed by atoms with Gasteiger partial charge in [0.1, 0.15) is 11.2 Å². The number of nitrogens with zero attached hydrogens (tertiary/aromatic N) is 3. The molecule has 3 aromatic heterocycles. The summed E-state index contributed by atoms with van der Waals surface area (Å²) in [6, 6.07) is 7.85. The van der Waals surface area contributed by atoms with E-state index in [0.29, 0.717) is 35.9 Å². The number of hydrogen-bond acceptors (Lipinski definition) is 5. The third kappa shape index (κ3) is 3.61. The zero-order chi connectivity index (χ0) is 19.7. The second kappa shape index (κ2) is 8.09. The van der Waals surface area contributed by atoms with Gasteiger partial charge in [0.2, 0.25) is 5.43 Å². The molecular weight excluding hydrogens is 390 g/mol. The highest BCUT2D eigenvalue weighted by Gasteiger charge is 2.26. The highest BCUT2D eigenvalue weighted by molar-refractivity contribution is 7.99. The Bertz CT molecular complexity index is 1060. The summed E-state index contributed by atoms with van der Waals surface area (Å²) in [6.45, 7) is 5.90. The van der Waals surface area contributed by atoms with Crippen LogP contribution in [0.3, 0.4) is 0 Å². The number of fused-ring (bicyclic) bond motifs is 1. The first-order valence-electron chi connectivity index (χ1n) is 9.53. The van der Waals surface area contributed by atoms with Gasteiger partial charge < -0.3 is 9.47 Å². The number of hydrogen-bond donors (Lipinski definition) is 0. The first-order chi connectivity index (χ1) is 13.6. The minimum Gasteiger partial charge on any atom is -0.338 e. The Kier molecular flexibility index (Phi) is 5.55. The zero-order valence-electron chi connectivity index (χ0n) is 16.1. The summed E-state index contributed by atoms with van der Waals surface area (Å²) < 4.78 is 1.90. The topological polar surface area (TPSA) is 55.2 Å². The van der Waals surface area contributed by atoms with E-state index in [0.717, 1.165) is 17.9 Å². The largest absolute Gasteiger partial charge is 0.338 e. The Balaban J connectivity index is 1.64. The van der Waals surface area contributed by atoms with Crippen LogP contribution in [0.25, 0.3) is 11.0 Å². The molecule has 7 heteroatoms. The van der Waals surface area contributed by atoms with Crippen molar-refractivity contribution in [3.8, 4) is 0 Å². The molecule has 0 N–H and O–H groups in total. The lowest BCUT2D eigenvalue weighted by atomic mass is 10.1. The Morgan fingerprint density at radius 2 is 2.14 bits per heavy atom. The molecule has 1 fully saturated rings. The van der Waals surface area contributed by atoms with Gasteiger partial charge in [-0.1, -0.05) is 6.07 Å². The molecule has 1 atom stereocenters. The van der Waals surface area contributed by atoms with Crippen LogP contribution in [0.15, 0.2) is 40.6 Å². The molecule has 1 saturated heterocycles. The number of aromatic nitrogens is 2. The van der Waals surface area contributed by atoms with Gasteiger partial charge in [0.25, 0.3) is 5.91 Å². The van der Waals surface area contributed by atoms with Crippen LogP contribution < -0.4 is 5.43 Å². The normalized spacial score (nSPS) is 17.6. The molecule has 0 aromatic carbocycles. The molecule has 5 nitrogen and oxygen atoms in total. The van der Waals surface area contributed by atoms with Crippen LogP contribution in [0.4, 0.5) is 0 Å². The van der Waals surface area contributed by atoms with Crippen LogP contribution in [0.2, 0.25) is 0 Å². The molecule has 1 aliphatic rings. The van der Waals surface area contributed by atoms with Crippen molar-refractivity contribution in [3.05, 3.63) is 62.2 Å². The number of carbonyl (C=O) groups is 1. The maximum atomic E-state index is 13.2. The van der Waals surface area contributed by atoms with Gasteiger partial charge in [-0.3, -0.25) is 9.59 Å². The lowest BCUT2D eigenvalue weighted by Gasteiger charge is -2.21. The second-order valence-electron chi connectivity index (χ2n) is 6.94. The van der Waals surface area contributed by atoms with Gasteiger partial charge in [0.15, 0.2) is 0 Å². The fourth-order valence-corrected chi connectivity index (χ4v) is 5.84. The minimum absolute atomic E-state index is 0.165. The van der Waals surface area contributed by atoms with Gasteiger partial charge in [0, 0.05) is 47.4 Å². The van der Waals surface area contributed by atoms with Crippen LogP contribution in [0.1, 0.15) is 39.5 Å². The SMILES string of the molecule is CCn1cc(C(=O)N2CCSC(c3cccs3)CC2)c(=O)c2ccc(C)nc21. The molecular formula is C21H23N3O2S2. The zero-order valence-corrected chi connectivity index (χ0v) is 17.7. The summed E-state index contributed by atoms with van der Waals surface area (Å²) in [5.74, 6) is 0.715. The van der Waals surface area contributed by atoms with E-state index in [2.05, 4.69) is 22.5 Å². The Morgan fingerprint density at radius 3 is 2.89 bits per heavy atom. The monoisotopic (exact) mass is 413 g/mol. The van der Waals surface area contributed by atoms with E-state index in [1.54, 1.807) is 23.6 Å². The number of pyridine rings is 2. The van der Waals surface area contributed by atoms with Crippen LogP contribution in [-0.2, 0) is 6.54 Å². The Hall–Kier alpha value is -2.12. The molecule has 4 rings (SSSR count). The second-order valence-corrected chi connectivity index (χ2v) is 9.23. The third-order valence-corrected chi connectivity index (χ3v) is 7.57. The third-order valence-electron chi connectivity index (χ3n) is 5.12. The van der Waals surface area contributed by atoms with E-state index in [9.17, 15) is 9.59 Å². The average Bonchev–Trinajstić information content (AvgIpc) is 3.12. The van der Waals surface area contributed by atoms with E-state index in [4.69, 9.17) is 0 Å². The maximum absolute atomic E-state index is 13.2. The minimum atomic E-state index is -0.219. The van der Waals surface area contributed by atoms with Gasteiger partial charge in [0.05, 0.1) is 5.39 Å². The van der Waals surface area contributed by atoms with Crippen molar-refractivity contribution < 1.29 is 4.79 Å². The summed E-state index contributed by atoms with van der Waals surface area (Å²) in [4.78, 5) is 34.0. The first-order valence-corrected chi connectivity index (χ1v) is 11.5. The molecule has 0 aliphatic carbocycles. The number of amides is 1. The van der Waals surface area contributed by atoms with Gasteiger partial charge in [-0.15, -0.1) is 11.3 Å². The predicted octanol–water partition coefficient (Wildman–Crippen LogP) is 4.11. The van der Waals surface area contributed by atoms with Crippen molar-refractivity contribution in [1.82, 2.24) is 14.5 Å². The number of carbonyl (C=O) groups excluding carboxylic acids is 1. The smallest absolute Gasteiger partial charge is 0.259 e. The van der Waals surface area contributed by atoms with Crippen molar-refractivity contribution in [2.24, 2.45) is 0 Å². The predicted molar refractivity (Wildman–Crippen MR) is 116 cm³/mol. The van der Waals surface area contributed by atoms with Gasteiger partial charge in [-0.05, 0) is 43.8 Å². The molecule has 0 saturated carbocycles. The number of thiophene rings is 1.